The number of ether oxygens (including phenoxy) is 1. The zero-order valence-corrected chi connectivity index (χ0v) is 14.6. The van der Waals surface area contributed by atoms with E-state index >= 15 is 0 Å². The predicted octanol–water partition coefficient (Wildman–Crippen LogP) is 2.85. The van der Waals surface area contributed by atoms with E-state index in [1.807, 2.05) is 12.1 Å². The van der Waals surface area contributed by atoms with E-state index in [0.717, 1.165) is 31.7 Å². The predicted molar refractivity (Wildman–Crippen MR) is 98.7 cm³/mol. The number of rotatable bonds is 5. The van der Waals surface area contributed by atoms with Crippen molar-refractivity contribution in [1.82, 2.24) is 4.98 Å². The first kappa shape index (κ1) is 17.9. The van der Waals surface area contributed by atoms with E-state index in [2.05, 4.69) is 9.88 Å². The summed E-state index contributed by atoms with van der Waals surface area (Å²) < 4.78 is 5.32. The lowest BCUT2D eigenvalue weighted by atomic mass is 10.1. The van der Waals surface area contributed by atoms with Crippen molar-refractivity contribution in [3.05, 3.63) is 59.8 Å². The maximum atomic E-state index is 12.4. The van der Waals surface area contributed by atoms with Gasteiger partial charge in [-0.2, -0.15) is 0 Å². The van der Waals surface area contributed by atoms with Gasteiger partial charge >= 0.3 is 5.97 Å². The Kier molecular flexibility index (Phi) is 5.84. The average molecular weight is 353 g/mol. The fraction of sp³-hybridized carbons (Fsp3) is 0.350. The van der Waals surface area contributed by atoms with Crippen LogP contribution in [-0.4, -0.2) is 29.9 Å². The molecule has 1 saturated heterocycles. The number of hydrogen-bond donors (Lipinski definition) is 1. The second-order valence-electron chi connectivity index (χ2n) is 6.40. The summed E-state index contributed by atoms with van der Waals surface area (Å²) >= 11 is 0. The fourth-order valence-electron chi connectivity index (χ4n) is 3.09. The second-order valence-corrected chi connectivity index (χ2v) is 6.40. The number of nitrogens with zero attached hydrogens (tertiary/aromatic N) is 2. The lowest BCUT2D eigenvalue weighted by Gasteiger charge is -2.21. The summed E-state index contributed by atoms with van der Waals surface area (Å²) in [5.41, 5.74) is 6.23. The highest BCUT2D eigenvalue weighted by molar-refractivity contribution is 5.92. The van der Waals surface area contributed by atoms with E-state index < -0.39 is 18.0 Å². The molecule has 26 heavy (non-hydrogen) atoms. The minimum Gasteiger partial charge on any atom is -0.444 e. The van der Waals surface area contributed by atoms with E-state index in [1.165, 1.54) is 19.0 Å². The summed E-state index contributed by atoms with van der Waals surface area (Å²) in [6, 6.07) is 12.2. The number of hydrogen-bond acceptors (Lipinski definition) is 5. The van der Waals surface area contributed by atoms with Crippen molar-refractivity contribution < 1.29 is 14.3 Å². The molecule has 2 N–H and O–H groups in total. The minimum atomic E-state index is -1.12. The van der Waals surface area contributed by atoms with Gasteiger partial charge in [0.15, 0.2) is 0 Å². The van der Waals surface area contributed by atoms with Crippen LogP contribution in [0.5, 0.6) is 0 Å². The number of nitrogens with two attached hydrogens (primary N) is 1. The summed E-state index contributed by atoms with van der Waals surface area (Å²) in [7, 11) is 0. The maximum Gasteiger partial charge on any atom is 0.340 e. The third-order valence-electron chi connectivity index (χ3n) is 4.50. The average Bonchev–Trinajstić information content (AvgIpc) is 2.96. The number of amides is 1. The molecule has 1 aromatic carbocycles. The molecule has 0 aliphatic carbocycles. The number of carbonyl (C=O) groups excluding carboxylic acids is 2. The van der Waals surface area contributed by atoms with Crippen molar-refractivity contribution in [2.24, 2.45) is 5.73 Å². The Hall–Kier alpha value is -2.89. The van der Waals surface area contributed by atoms with Crippen LogP contribution >= 0.6 is 0 Å². The van der Waals surface area contributed by atoms with Crippen molar-refractivity contribution >= 4 is 17.7 Å². The fourth-order valence-corrected chi connectivity index (χ4v) is 3.09. The molecule has 1 aliphatic rings. The monoisotopic (exact) mass is 353 g/mol. The van der Waals surface area contributed by atoms with Crippen LogP contribution in [0, 0.1) is 0 Å². The van der Waals surface area contributed by atoms with Gasteiger partial charge in [-0.1, -0.05) is 43.2 Å². The van der Waals surface area contributed by atoms with Crippen molar-refractivity contribution in [2.75, 3.05) is 18.0 Å². The first-order valence-electron chi connectivity index (χ1n) is 8.91. The third-order valence-corrected chi connectivity index (χ3v) is 4.50. The van der Waals surface area contributed by atoms with Crippen LogP contribution in [0.1, 0.15) is 47.7 Å². The standard InChI is InChI=1S/C20H23N3O3/c21-19(24)18(15-8-4-3-5-9-15)26-20(25)16-10-11-17(22-14-16)23-12-6-1-2-7-13-23/h3-5,8-11,14,18H,1-2,6-7,12-13H2,(H2,21,24)/t18-/m1/s1. The smallest absolute Gasteiger partial charge is 0.340 e. The Bertz CT molecular complexity index is 739. The maximum absolute atomic E-state index is 12.4. The van der Waals surface area contributed by atoms with E-state index in [4.69, 9.17) is 10.5 Å². The molecule has 1 aliphatic heterocycles. The number of anilines is 1. The molecular formula is C20H23N3O3. The van der Waals surface area contributed by atoms with Gasteiger partial charge in [-0.25, -0.2) is 9.78 Å². The number of benzene rings is 1. The van der Waals surface area contributed by atoms with Crippen LogP contribution in [0.2, 0.25) is 0 Å². The Labute approximate surface area is 153 Å². The van der Waals surface area contributed by atoms with Crippen LogP contribution in [0.25, 0.3) is 0 Å². The third kappa shape index (κ3) is 4.39. The molecule has 0 saturated carbocycles. The van der Waals surface area contributed by atoms with Gasteiger partial charge in [0.25, 0.3) is 5.91 Å². The van der Waals surface area contributed by atoms with Crippen LogP contribution in [0.15, 0.2) is 48.7 Å². The second kappa shape index (κ2) is 8.47. The lowest BCUT2D eigenvalue weighted by Crippen LogP contribution is -2.27. The molecule has 6 nitrogen and oxygen atoms in total. The molecular weight excluding hydrogens is 330 g/mol. The molecule has 0 bridgehead atoms. The highest BCUT2D eigenvalue weighted by Gasteiger charge is 2.23. The molecule has 2 heterocycles. The highest BCUT2D eigenvalue weighted by Crippen LogP contribution is 2.21. The van der Waals surface area contributed by atoms with Crippen molar-refractivity contribution in [3.63, 3.8) is 0 Å². The lowest BCUT2D eigenvalue weighted by molar-refractivity contribution is -0.127. The molecule has 1 atom stereocenters. The SMILES string of the molecule is NC(=O)[C@H](OC(=O)c1ccc(N2CCCCCC2)nc1)c1ccccc1. The van der Waals surface area contributed by atoms with Crippen molar-refractivity contribution in [1.29, 1.82) is 0 Å². The van der Waals surface area contributed by atoms with Crippen LogP contribution in [0.4, 0.5) is 5.82 Å². The van der Waals surface area contributed by atoms with Gasteiger partial charge in [-0.15, -0.1) is 0 Å². The van der Waals surface area contributed by atoms with Gasteiger partial charge in [0.1, 0.15) is 5.82 Å². The van der Waals surface area contributed by atoms with Gasteiger partial charge in [-0.05, 0) is 25.0 Å². The molecule has 3 rings (SSSR count). The number of carbonyl (C=O) groups is 2. The summed E-state index contributed by atoms with van der Waals surface area (Å²) in [4.78, 5) is 30.7. The quantitative estimate of drug-likeness (QED) is 0.836. The van der Waals surface area contributed by atoms with E-state index in [0.29, 0.717) is 11.1 Å². The van der Waals surface area contributed by atoms with Gasteiger partial charge in [0, 0.05) is 24.8 Å². The number of primary amides is 1. The van der Waals surface area contributed by atoms with Crippen LogP contribution < -0.4 is 10.6 Å². The van der Waals surface area contributed by atoms with Gasteiger partial charge in [0.2, 0.25) is 6.10 Å². The highest BCUT2D eigenvalue weighted by atomic mass is 16.5. The molecule has 6 heteroatoms. The van der Waals surface area contributed by atoms with Crippen LogP contribution in [-0.2, 0) is 9.53 Å². The molecule has 0 radical (unpaired) electrons. The Morgan fingerprint density at radius 3 is 2.27 bits per heavy atom. The molecule has 0 spiro atoms. The van der Waals surface area contributed by atoms with Crippen LogP contribution in [0.3, 0.4) is 0 Å². The molecule has 1 aromatic heterocycles. The normalized spacial score (nSPS) is 15.8. The molecule has 1 fully saturated rings. The molecule has 136 valence electrons. The number of pyridine rings is 1. The molecule has 1 amide bonds. The minimum absolute atomic E-state index is 0.297. The number of aromatic nitrogens is 1. The van der Waals surface area contributed by atoms with Gasteiger partial charge < -0.3 is 15.4 Å². The number of esters is 1. The summed E-state index contributed by atoms with van der Waals surface area (Å²) in [5, 5.41) is 0. The largest absolute Gasteiger partial charge is 0.444 e. The van der Waals surface area contributed by atoms with Gasteiger partial charge in [-0.3, -0.25) is 4.79 Å². The Morgan fingerprint density at radius 1 is 1.00 bits per heavy atom. The zero-order chi connectivity index (χ0) is 18.4. The summed E-state index contributed by atoms with van der Waals surface area (Å²) in [6.07, 6.45) is 5.18. The Balaban J connectivity index is 1.70. The van der Waals surface area contributed by atoms with E-state index in [-0.39, 0.29) is 0 Å². The van der Waals surface area contributed by atoms with Gasteiger partial charge in [0.05, 0.1) is 5.56 Å². The summed E-state index contributed by atoms with van der Waals surface area (Å²) in [6.45, 7) is 1.96. The first-order chi connectivity index (χ1) is 12.6. The first-order valence-corrected chi connectivity index (χ1v) is 8.91. The van der Waals surface area contributed by atoms with Crippen molar-refractivity contribution in [2.45, 2.75) is 31.8 Å². The topological polar surface area (TPSA) is 85.5 Å². The molecule has 2 aromatic rings. The zero-order valence-electron chi connectivity index (χ0n) is 14.6. The molecule has 0 unspecified atom stereocenters. The van der Waals surface area contributed by atoms with Crippen molar-refractivity contribution in [3.8, 4) is 0 Å². The van der Waals surface area contributed by atoms with E-state index in [9.17, 15) is 9.59 Å². The Morgan fingerprint density at radius 2 is 1.69 bits per heavy atom. The summed E-state index contributed by atoms with van der Waals surface area (Å²) in [5.74, 6) is -0.468. The van der Waals surface area contributed by atoms with E-state index in [1.54, 1.807) is 30.3 Å².